The molecular formula is C5H14ClNS. The van der Waals surface area contributed by atoms with Crippen LogP contribution in [-0.2, 0) is 0 Å². The van der Waals surface area contributed by atoms with Crippen molar-refractivity contribution in [2.75, 3.05) is 6.54 Å². The molecule has 8 heavy (non-hydrogen) atoms. The molecule has 0 aliphatic rings. The van der Waals surface area contributed by atoms with Crippen LogP contribution in [0, 0.1) is 0 Å². The van der Waals surface area contributed by atoms with E-state index in [0.29, 0.717) is 6.54 Å². The fourth-order valence-corrected chi connectivity index (χ4v) is 0.144. The van der Waals surface area contributed by atoms with E-state index in [1.807, 2.05) is 6.92 Å². The molecule has 0 aromatic rings. The Kier molecular flexibility index (Phi) is 6.38. The molecular weight excluding hydrogens is 142 g/mol. The summed E-state index contributed by atoms with van der Waals surface area (Å²) in [6, 6.07) is 0. The first-order chi connectivity index (χ1) is 3.12. The molecule has 0 spiro atoms. The lowest BCUT2D eigenvalue weighted by molar-refractivity contribution is 0.637. The molecule has 0 aromatic heterocycles. The van der Waals surface area contributed by atoms with E-state index in [-0.39, 0.29) is 17.2 Å². The molecule has 0 radical (unpaired) electrons. The highest BCUT2D eigenvalue weighted by molar-refractivity contribution is 7.81. The molecule has 0 heterocycles. The van der Waals surface area contributed by atoms with E-state index >= 15 is 0 Å². The predicted octanol–water partition coefficient (Wildman–Crippen LogP) is 1.47. The van der Waals surface area contributed by atoms with E-state index in [2.05, 4.69) is 19.6 Å². The zero-order valence-corrected chi connectivity index (χ0v) is 7.06. The van der Waals surface area contributed by atoms with Crippen LogP contribution in [0.1, 0.15) is 20.3 Å². The van der Waals surface area contributed by atoms with Gasteiger partial charge in [0.2, 0.25) is 0 Å². The van der Waals surface area contributed by atoms with Crippen molar-refractivity contribution >= 4 is 25.0 Å². The highest BCUT2D eigenvalue weighted by Gasteiger charge is 2.11. The lowest BCUT2D eigenvalue weighted by atomic mass is 10.1. The third kappa shape index (κ3) is 4.75. The zero-order chi connectivity index (χ0) is 5.91. The Labute approximate surface area is 62.8 Å². The second kappa shape index (κ2) is 4.48. The normalized spacial score (nSPS) is 16.5. The van der Waals surface area contributed by atoms with E-state index in [0.717, 1.165) is 6.42 Å². The molecule has 52 valence electrons. The van der Waals surface area contributed by atoms with Gasteiger partial charge in [-0.05, 0) is 13.3 Å². The SMILES string of the molecule is CCC(C)(S)CN.Cl. The van der Waals surface area contributed by atoms with Crippen molar-refractivity contribution in [1.82, 2.24) is 0 Å². The van der Waals surface area contributed by atoms with Crippen LogP contribution in [0.3, 0.4) is 0 Å². The van der Waals surface area contributed by atoms with Gasteiger partial charge in [-0.25, -0.2) is 0 Å². The Morgan fingerprint density at radius 1 is 1.62 bits per heavy atom. The van der Waals surface area contributed by atoms with Gasteiger partial charge >= 0.3 is 0 Å². The summed E-state index contributed by atoms with van der Waals surface area (Å²) in [5.41, 5.74) is 5.34. The minimum atomic E-state index is 0. The van der Waals surface area contributed by atoms with Crippen LogP contribution in [0.25, 0.3) is 0 Å². The van der Waals surface area contributed by atoms with Gasteiger partial charge in [-0.2, -0.15) is 12.6 Å². The van der Waals surface area contributed by atoms with Crippen molar-refractivity contribution in [3.63, 3.8) is 0 Å². The predicted molar refractivity (Wildman–Crippen MR) is 44.0 cm³/mol. The summed E-state index contributed by atoms with van der Waals surface area (Å²) in [7, 11) is 0. The second-order valence-corrected chi connectivity index (χ2v) is 3.13. The number of hydrogen-bond donors (Lipinski definition) is 2. The van der Waals surface area contributed by atoms with Crippen LogP contribution in [0.5, 0.6) is 0 Å². The number of nitrogens with two attached hydrogens (primary N) is 1. The monoisotopic (exact) mass is 155 g/mol. The fraction of sp³-hybridized carbons (Fsp3) is 1.00. The lowest BCUT2D eigenvalue weighted by Crippen LogP contribution is -2.26. The lowest BCUT2D eigenvalue weighted by Gasteiger charge is -2.17. The third-order valence-electron chi connectivity index (χ3n) is 1.20. The van der Waals surface area contributed by atoms with Crippen LogP contribution in [-0.4, -0.2) is 11.3 Å². The molecule has 0 amide bonds. The molecule has 0 saturated carbocycles. The Morgan fingerprint density at radius 2 is 2.00 bits per heavy atom. The first-order valence-electron chi connectivity index (χ1n) is 2.55. The van der Waals surface area contributed by atoms with E-state index < -0.39 is 0 Å². The average molecular weight is 156 g/mol. The quantitative estimate of drug-likeness (QED) is 0.581. The van der Waals surface area contributed by atoms with Crippen LogP contribution >= 0.6 is 25.0 Å². The van der Waals surface area contributed by atoms with Crippen molar-refractivity contribution in [3.05, 3.63) is 0 Å². The average Bonchev–Trinajstić information content (AvgIpc) is 1.68. The van der Waals surface area contributed by atoms with Crippen molar-refractivity contribution < 1.29 is 0 Å². The smallest absolute Gasteiger partial charge is 0.0221 e. The Morgan fingerprint density at radius 3 is 2.00 bits per heavy atom. The van der Waals surface area contributed by atoms with Gasteiger partial charge < -0.3 is 5.73 Å². The van der Waals surface area contributed by atoms with E-state index in [4.69, 9.17) is 5.73 Å². The molecule has 0 rings (SSSR count). The van der Waals surface area contributed by atoms with Gasteiger partial charge in [0.25, 0.3) is 0 Å². The molecule has 3 heteroatoms. The highest BCUT2D eigenvalue weighted by atomic mass is 35.5. The van der Waals surface area contributed by atoms with E-state index in [1.165, 1.54) is 0 Å². The van der Waals surface area contributed by atoms with Crippen LogP contribution in [0.2, 0.25) is 0 Å². The van der Waals surface area contributed by atoms with Crippen LogP contribution in [0.15, 0.2) is 0 Å². The maximum atomic E-state index is 5.34. The molecule has 0 aromatic carbocycles. The number of hydrogen-bond acceptors (Lipinski definition) is 2. The fourth-order valence-electron chi connectivity index (χ4n) is 0.144. The van der Waals surface area contributed by atoms with Gasteiger partial charge in [0.15, 0.2) is 0 Å². The maximum absolute atomic E-state index is 5.34. The van der Waals surface area contributed by atoms with Crippen LogP contribution < -0.4 is 5.73 Å². The highest BCUT2D eigenvalue weighted by Crippen LogP contribution is 2.14. The molecule has 1 nitrogen and oxygen atoms in total. The third-order valence-corrected chi connectivity index (χ3v) is 1.70. The Hall–Kier alpha value is 0.600. The standard InChI is InChI=1S/C5H13NS.ClH/c1-3-5(2,7)4-6;/h7H,3-4,6H2,1-2H3;1H. The first-order valence-corrected chi connectivity index (χ1v) is 2.99. The maximum Gasteiger partial charge on any atom is 0.0221 e. The van der Waals surface area contributed by atoms with Crippen molar-refractivity contribution in [2.45, 2.75) is 25.0 Å². The Balaban J connectivity index is 0. The van der Waals surface area contributed by atoms with Gasteiger partial charge in [0, 0.05) is 11.3 Å². The molecule has 0 aliphatic heterocycles. The van der Waals surface area contributed by atoms with Gasteiger partial charge in [0.05, 0.1) is 0 Å². The molecule has 0 aliphatic carbocycles. The molecule has 1 unspecified atom stereocenters. The summed E-state index contributed by atoms with van der Waals surface area (Å²) in [6.45, 7) is 4.78. The minimum absolute atomic E-state index is 0. The summed E-state index contributed by atoms with van der Waals surface area (Å²) in [6.07, 6.45) is 1.03. The van der Waals surface area contributed by atoms with Gasteiger partial charge in [-0.15, -0.1) is 12.4 Å². The van der Waals surface area contributed by atoms with Gasteiger partial charge in [-0.3, -0.25) is 0 Å². The van der Waals surface area contributed by atoms with Crippen molar-refractivity contribution in [3.8, 4) is 0 Å². The zero-order valence-electron chi connectivity index (χ0n) is 5.35. The summed E-state index contributed by atoms with van der Waals surface area (Å²) in [4.78, 5) is 0. The van der Waals surface area contributed by atoms with Gasteiger partial charge in [0.1, 0.15) is 0 Å². The first kappa shape index (κ1) is 11.4. The second-order valence-electron chi connectivity index (χ2n) is 2.05. The number of halogens is 1. The molecule has 0 saturated heterocycles. The summed E-state index contributed by atoms with van der Waals surface area (Å²) < 4.78 is 0.0556. The number of rotatable bonds is 2. The Bertz CT molecular complexity index is 50.4. The van der Waals surface area contributed by atoms with Crippen LogP contribution in [0.4, 0.5) is 0 Å². The molecule has 0 bridgehead atoms. The summed E-state index contributed by atoms with van der Waals surface area (Å²) in [5, 5.41) is 0. The van der Waals surface area contributed by atoms with E-state index in [1.54, 1.807) is 0 Å². The summed E-state index contributed by atoms with van der Waals surface area (Å²) >= 11 is 4.26. The van der Waals surface area contributed by atoms with E-state index in [9.17, 15) is 0 Å². The molecule has 0 fully saturated rings. The summed E-state index contributed by atoms with van der Waals surface area (Å²) in [5.74, 6) is 0. The minimum Gasteiger partial charge on any atom is -0.329 e. The van der Waals surface area contributed by atoms with Gasteiger partial charge in [-0.1, -0.05) is 6.92 Å². The molecule has 2 N–H and O–H groups in total. The van der Waals surface area contributed by atoms with Crippen molar-refractivity contribution in [2.24, 2.45) is 5.73 Å². The topological polar surface area (TPSA) is 26.0 Å². The largest absolute Gasteiger partial charge is 0.329 e. The molecule has 1 atom stereocenters. The number of thiol groups is 1. The van der Waals surface area contributed by atoms with Crippen molar-refractivity contribution in [1.29, 1.82) is 0 Å².